The Morgan fingerprint density at radius 2 is 2.08 bits per heavy atom. The molecule has 0 spiro atoms. The summed E-state index contributed by atoms with van der Waals surface area (Å²) in [6.45, 7) is 2.74. The van der Waals surface area contributed by atoms with Crippen molar-refractivity contribution in [2.45, 2.75) is 32.6 Å². The van der Waals surface area contributed by atoms with E-state index in [1.165, 1.54) is 17.7 Å². The van der Waals surface area contributed by atoms with Crippen LogP contribution < -0.4 is 0 Å². The fourth-order valence-corrected chi connectivity index (χ4v) is 1.22. The van der Waals surface area contributed by atoms with Gasteiger partial charge in [-0.2, -0.15) is 12.6 Å². The minimum atomic E-state index is -0.874. The Labute approximate surface area is 79.2 Å². The predicted octanol–water partition coefficient (Wildman–Crippen LogP) is 2.43. The van der Waals surface area contributed by atoms with Crippen LogP contribution in [0, 0.1) is 0 Å². The van der Waals surface area contributed by atoms with Crippen LogP contribution in [0.25, 0.3) is 0 Å². The molecule has 0 aromatic carbocycles. The van der Waals surface area contributed by atoms with E-state index in [0.717, 1.165) is 12.8 Å². The quantitative estimate of drug-likeness (QED) is 0.384. The van der Waals surface area contributed by atoms with Crippen molar-refractivity contribution in [3.63, 3.8) is 0 Å². The third-order valence-corrected chi connectivity index (χ3v) is 2.06. The summed E-state index contributed by atoms with van der Waals surface area (Å²) in [6.07, 6.45) is 3.53. The molecule has 1 N–H and O–H groups in total. The molecule has 0 aliphatic carbocycles. The fraction of sp³-hybridized carbons (Fsp3) is 0.875. The number of carboxylic acid groups (broad SMARTS) is 1. The summed E-state index contributed by atoms with van der Waals surface area (Å²) in [6, 6.07) is 0. The summed E-state index contributed by atoms with van der Waals surface area (Å²) in [5.41, 5.74) is 0. The lowest BCUT2D eigenvalue weighted by atomic mass is 10.2. The zero-order valence-corrected chi connectivity index (χ0v) is 8.39. The first-order chi connectivity index (χ1) is 5.72. The number of hydrogen-bond donors (Lipinski definition) is 2. The number of rotatable bonds is 6. The van der Waals surface area contributed by atoms with Crippen LogP contribution in [-0.2, 0) is 0 Å². The van der Waals surface area contributed by atoms with Gasteiger partial charge in [0, 0.05) is 6.54 Å². The SMILES string of the molecule is CCCCCCN(CS)C(=O)O. The Hall–Kier alpha value is -0.380. The Morgan fingerprint density at radius 1 is 1.42 bits per heavy atom. The van der Waals surface area contributed by atoms with Crippen molar-refractivity contribution >= 4 is 18.7 Å². The Morgan fingerprint density at radius 3 is 2.50 bits per heavy atom. The molecule has 0 fully saturated rings. The summed E-state index contributed by atoms with van der Waals surface area (Å²) in [7, 11) is 0. The first kappa shape index (κ1) is 11.6. The zero-order chi connectivity index (χ0) is 9.40. The fourth-order valence-electron chi connectivity index (χ4n) is 0.956. The van der Waals surface area contributed by atoms with Crippen molar-refractivity contribution in [2.75, 3.05) is 12.4 Å². The zero-order valence-electron chi connectivity index (χ0n) is 7.49. The second-order valence-corrected chi connectivity index (χ2v) is 3.03. The molecule has 0 aromatic rings. The molecule has 0 aromatic heterocycles. The lowest BCUT2D eigenvalue weighted by Gasteiger charge is -2.15. The molecule has 0 radical (unpaired) electrons. The number of carbonyl (C=O) groups is 1. The van der Waals surface area contributed by atoms with Gasteiger partial charge in [0.25, 0.3) is 0 Å². The molecule has 0 saturated carbocycles. The maximum atomic E-state index is 10.5. The number of nitrogens with zero attached hydrogens (tertiary/aromatic N) is 1. The molecule has 0 aliphatic rings. The van der Waals surface area contributed by atoms with Gasteiger partial charge in [0.1, 0.15) is 0 Å². The molecule has 0 rings (SSSR count). The summed E-state index contributed by atoms with van der Waals surface area (Å²) < 4.78 is 0. The highest BCUT2D eigenvalue weighted by molar-refractivity contribution is 7.80. The molecule has 3 nitrogen and oxygen atoms in total. The van der Waals surface area contributed by atoms with E-state index in [1.807, 2.05) is 0 Å². The minimum Gasteiger partial charge on any atom is -0.465 e. The topological polar surface area (TPSA) is 40.5 Å². The van der Waals surface area contributed by atoms with Crippen LogP contribution in [0.3, 0.4) is 0 Å². The van der Waals surface area contributed by atoms with E-state index in [0.29, 0.717) is 12.4 Å². The van der Waals surface area contributed by atoms with E-state index in [1.54, 1.807) is 0 Å². The van der Waals surface area contributed by atoms with Gasteiger partial charge in [-0.1, -0.05) is 26.2 Å². The molecule has 12 heavy (non-hydrogen) atoms. The van der Waals surface area contributed by atoms with Gasteiger partial charge in [-0.3, -0.25) is 4.90 Å². The van der Waals surface area contributed by atoms with E-state index in [-0.39, 0.29) is 0 Å². The van der Waals surface area contributed by atoms with E-state index < -0.39 is 6.09 Å². The van der Waals surface area contributed by atoms with Gasteiger partial charge >= 0.3 is 6.09 Å². The molecule has 0 atom stereocenters. The van der Waals surface area contributed by atoms with Crippen molar-refractivity contribution in [2.24, 2.45) is 0 Å². The first-order valence-electron chi connectivity index (χ1n) is 4.31. The lowest BCUT2D eigenvalue weighted by molar-refractivity contribution is 0.153. The van der Waals surface area contributed by atoms with E-state index in [4.69, 9.17) is 5.11 Å². The number of unbranched alkanes of at least 4 members (excludes halogenated alkanes) is 3. The maximum Gasteiger partial charge on any atom is 0.407 e. The van der Waals surface area contributed by atoms with Crippen molar-refractivity contribution < 1.29 is 9.90 Å². The number of hydrogen-bond acceptors (Lipinski definition) is 2. The van der Waals surface area contributed by atoms with Gasteiger partial charge in [-0.05, 0) is 6.42 Å². The summed E-state index contributed by atoms with van der Waals surface area (Å²) in [4.78, 5) is 11.8. The summed E-state index contributed by atoms with van der Waals surface area (Å²) in [5.74, 6) is 0.293. The molecule has 72 valence electrons. The van der Waals surface area contributed by atoms with E-state index >= 15 is 0 Å². The highest BCUT2D eigenvalue weighted by atomic mass is 32.1. The predicted molar refractivity (Wildman–Crippen MR) is 52.7 cm³/mol. The van der Waals surface area contributed by atoms with Crippen LogP contribution in [0.2, 0.25) is 0 Å². The highest BCUT2D eigenvalue weighted by Crippen LogP contribution is 2.02. The largest absolute Gasteiger partial charge is 0.465 e. The maximum absolute atomic E-state index is 10.5. The van der Waals surface area contributed by atoms with Gasteiger partial charge in [0.15, 0.2) is 0 Å². The molecule has 0 saturated heterocycles. The van der Waals surface area contributed by atoms with Crippen LogP contribution >= 0.6 is 12.6 Å². The van der Waals surface area contributed by atoms with Crippen molar-refractivity contribution in [1.82, 2.24) is 4.90 Å². The van der Waals surface area contributed by atoms with Crippen LogP contribution in [-0.4, -0.2) is 28.5 Å². The van der Waals surface area contributed by atoms with Crippen molar-refractivity contribution in [3.8, 4) is 0 Å². The molecule has 0 bridgehead atoms. The third kappa shape index (κ3) is 5.29. The molecule has 1 amide bonds. The van der Waals surface area contributed by atoms with Gasteiger partial charge < -0.3 is 5.11 Å². The van der Waals surface area contributed by atoms with E-state index in [2.05, 4.69) is 19.6 Å². The lowest BCUT2D eigenvalue weighted by Crippen LogP contribution is -2.29. The molecule has 0 aliphatic heterocycles. The van der Waals surface area contributed by atoms with Crippen LogP contribution in [0.1, 0.15) is 32.6 Å². The Balaban J connectivity index is 3.38. The first-order valence-corrected chi connectivity index (χ1v) is 4.94. The van der Waals surface area contributed by atoms with Crippen LogP contribution in [0.5, 0.6) is 0 Å². The normalized spacial score (nSPS) is 9.83. The second kappa shape index (κ2) is 7.28. The summed E-state index contributed by atoms with van der Waals surface area (Å²) in [5, 5.41) is 8.61. The van der Waals surface area contributed by atoms with Gasteiger partial charge in [0.2, 0.25) is 0 Å². The van der Waals surface area contributed by atoms with Crippen molar-refractivity contribution in [3.05, 3.63) is 0 Å². The second-order valence-electron chi connectivity index (χ2n) is 2.75. The van der Waals surface area contributed by atoms with Gasteiger partial charge in [-0.15, -0.1) is 0 Å². The average Bonchev–Trinajstić information content (AvgIpc) is 2.04. The summed E-state index contributed by atoms with van der Waals surface area (Å²) >= 11 is 3.93. The molecule has 0 unspecified atom stereocenters. The van der Waals surface area contributed by atoms with Gasteiger partial charge in [-0.25, -0.2) is 4.79 Å². The Kier molecular flexibility index (Phi) is 7.05. The van der Waals surface area contributed by atoms with Crippen LogP contribution in [0.4, 0.5) is 4.79 Å². The monoisotopic (exact) mass is 191 g/mol. The van der Waals surface area contributed by atoms with Gasteiger partial charge in [0.05, 0.1) is 5.88 Å². The molecule has 4 heteroatoms. The number of thiol groups is 1. The smallest absolute Gasteiger partial charge is 0.407 e. The minimum absolute atomic E-state index is 0.293. The van der Waals surface area contributed by atoms with Crippen LogP contribution in [0.15, 0.2) is 0 Å². The number of amides is 1. The molecular formula is C8H17NO2S. The standard InChI is InChI=1S/C8H17NO2S/c1-2-3-4-5-6-9(7-12)8(10)11/h12H,2-7H2,1H3,(H,10,11). The Bertz CT molecular complexity index is 130. The van der Waals surface area contributed by atoms with Crippen molar-refractivity contribution in [1.29, 1.82) is 0 Å². The molecular weight excluding hydrogens is 174 g/mol. The highest BCUT2D eigenvalue weighted by Gasteiger charge is 2.07. The molecule has 0 heterocycles. The third-order valence-electron chi connectivity index (χ3n) is 1.72. The average molecular weight is 191 g/mol. The van der Waals surface area contributed by atoms with E-state index in [9.17, 15) is 4.79 Å².